The Bertz CT molecular complexity index is 266. The number of rotatable bonds is 6. The lowest BCUT2D eigenvalue weighted by molar-refractivity contribution is 0.508. The van der Waals surface area contributed by atoms with Gasteiger partial charge in [0.2, 0.25) is 0 Å². The summed E-state index contributed by atoms with van der Waals surface area (Å²) >= 11 is 0. The highest BCUT2D eigenvalue weighted by molar-refractivity contribution is 5.22. The van der Waals surface area contributed by atoms with Gasteiger partial charge in [-0.05, 0) is 24.5 Å². The largest absolute Gasteiger partial charge is 0.326 e. The second-order valence-electron chi connectivity index (χ2n) is 4.09. The molecule has 0 saturated heterocycles. The van der Waals surface area contributed by atoms with Crippen molar-refractivity contribution in [2.75, 3.05) is 0 Å². The normalized spacial score (nSPS) is 12.7. The molecular formula is C13H22N2. The first-order valence-electron chi connectivity index (χ1n) is 5.77. The average molecular weight is 206 g/mol. The SMILES string of the molecule is CCCC(C)NCc1ccc(CN)cc1. The Morgan fingerprint density at radius 2 is 1.80 bits per heavy atom. The molecule has 0 aromatic heterocycles. The minimum atomic E-state index is 0.601. The van der Waals surface area contributed by atoms with Crippen LogP contribution in [0.15, 0.2) is 24.3 Å². The van der Waals surface area contributed by atoms with E-state index in [2.05, 4.69) is 43.4 Å². The molecule has 0 spiro atoms. The molecule has 1 aromatic carbocycles. The van der Waals surface area contributed by atoms with Crippen molar-refractivity contribution in [3.05, 3.63) is 35.4 Å². The quantitative estimate of drug-likeness (QED) is 0.750. The zero-order chi connectivity index (χ0) is 11.1. The molecule has 0 aliphatic heterocycles. The number of hydrogen-bond acceptors (Lipinski definition) is 2. The number of nitrogens with one attached hydrogen (secondary N) is 1. The van der Waals surface area contributed by atoms with E-state index in [-0.39, 0.29) is 0 Å². The highest BCUT2D eigenvalue weighted by Crippen LogP contribution is 2.04. The van der Waals surface area contributed by atoms with E-state index in [1.807, 2.05) is 0 Å². The summed E-state index contributed by atoms with van der Waals surface area (Å²) in [5.74, 6) is 0. The fourth-order valence-corrected chi connectivity index (χ4v) is 1.62. The van der Waals surface area contributed by atoms with Crippen LogP contribution in [-0.4, -0.2) is 6.04 Å². The molecule has 0 saturated carbocycles. The third-order valence-electron chi connectivity index (χ3n) is 2.64. The van der Waals surface area contributed by atoms with E-state index in [9.17, 15) is 0 Å². The van der Waals surface area contributed by atoms with Crippen LogP contribution in [0.2, 0.25) is 0 Å². The summed E-state index contributed by atoms with van der Waals surface area (Å²) in [6, 6.07) is 9.09. The van der Waals surface area contributed by atoms with Crippen molar-refractivity contribution in [3.63, 3.8) is 0 Å². The van der Waals surface area contributed by atoms with Gasteiger partial charge in [0, 0.05) is 19.1 Å². The molecule has 2 nitrogen and oxygen atoms in total. The third-order valence-corrected chi connectivity index (χ3v) is 2.64. The first kappa shape index (κ1) is 12.2. The lowest BCUT2D eigenvalue weighted by Crippen LogP contribution is -2.25. The van der Waals surface area contributed by atoms with E-state index in [1.165, 1.54) is 24.0 Å². The number of benzene rings is 1. The average Bonchev–Trinajstić information content (AvgIpc) is 2.27. The maximum atomic E-state index is 5.55. The number of nitrogens with two attached hydrogens (primary N) is 1. The van der Waals surface area contributed by atoms with Crippen molar-refractivity contribution >= 4 is 0 Å². The van der Waals surface area contributed by atoms with E-state index in [0.717, 1.165) is 6.54 Å². The van der Waals surface area contributed by atoms with Crippen molar-refractivity contribution in [1.29, 1.82) is 0 Å². The Morgan fingerprint density at radius 3 is 2.33 bits per heavy atom. The van der Waals surface area contributed by atoms with Gasteiger partial charge in [-0.15, -0.1) is 0 Å². The molecule has 0 amide bonds. The van der Waals surface area contributed by atoms with Crippen LogP contribution in [0.3, 0.4) is 0 Å². The summed E-state index contributed by atoms with van der Waals surface area (Å²) in [6.45, 7) is 6.03. The Morgan fingerprint density at radius 1 is 1.20 bits per heavy atom. The molecule has 0 aliphatic rings. The highest BCUT2D eigenvalue weighted by Gasteiger charge is 1.99. The molecule has 0 radical (unpaired) electrons. The summed E-state index contributed by atoms with van der Waals surface area (Å²) in [6.07, 6.45) is 2.47. The fraction of sp³-hybridized carbons (Fsp3) is 0.538. The van der Waals surface area contributed by atoms with Crippen LogP contribution < -0.4 is 11.1 Å². The van der Waals surface area contributed by atoms with Crippen LogP contribution in [0.4, 0.5) is 0 Å². The van der Waals surface area contributed by atoms with Gasteiger partial charge in [0.15, 0.2) is 0 Å². The van der Waals surface area contributed by atoms with Crippen LogP contribution in [0.25, 0.3) is 0 Å². The van der Waals surface area contributed by atoms with Gasteiger partial charge in [-0.25, -0.2) is 0 Å². The first-order valence-corrected chi connectivity index (χ1v) is 5.77. The Balaban J connectivity index is 2.37. The summed E-state index contributed by atoms with van der Waals surface area (Å²) in [7, 11) is 0. The molecular weight excluding hydrogens is 184 g/mol. The summed E-state index contributed by atoms with van der Waals surface area (Å²) in [5, 5.41) is 3.51. The lowest BCUT2D eigenvalue weighted by atomic mass is 10.1. The molecule has 0 bridgehead atoms. The third kappa shape index (κ3) is 4.45. The van der Waals surface area contributed by atoms with Crippen LogP contribution >= 0.6 is 0 Å². The molecule has 1 atom stereocenters. The predicted octanol–water partition coefficient (Wildman–Crippen LogP) is 2.42. The maximum absolute atomic E-state index is 5.55. The second-order valence-corrected chi connectivity index (χ2v) is 4.09. The fourth-order valence-electron chi connectivity index (χ4n) is 1.62. The first-order chi connectivity index (χ1) is 7.26. The molecule has 1 aromatic rings. The molecule has 0 heterocycles. The zero-order valence-corrected chi connectivity index (χ0v) is 9.79. The predicted molar refractivity (Wildman–Crippen MR) is 65.5 cm³/mol. The van der Waals surface area contributed by atoms with E-state index in [1.54, 1.807) is 0 Å². The smallest absolute Gasteiger partial charge is 0.0207 e. The van der Waals surface area contributed by atoms with E-state index in [0.29, 0.717) is 12.6 Å². The van der Waals surface area contributed by atoms with Crippen molar-refractivity contribution in [2.45, 2.75) is 45.8 Å². The van der Waals surface area contributed by atoms with Gasteiger partial charge < -0.3 is 11.1 Å². The second kappa shape index (κ2) is 6.59. The lowest BCUT2D eigenvalue weighted by Gasteiger charge is -2.12. The molecule has 1 unspecified atom stereocenters. The van der Waals surface area contributed by atoms with Crippen LogP contribution in [0.5, 0.6) is 0 Å². The molecule has 0 fully saturated rings. The van der Waals surface area contributed by atoms with Crippen LogP contribution in [0, 0.1) is 0 Å². The summed E-state index contributed by atoms with van der Waals surface area (Å²) in [5.41, 5.74) is 8.07. The highest BCUT2D eigenvalue weighted by atomic mass is 14.9. The van der Waals surface area contributed by atoms with Gasteiger partial charge in [-0.1, -0.05) is 37.6 Å². The van der Waals surface area contributed by atoms with Crippen LogP contribution in [0.1, 0.15) is 37.8 Å². The minimum absolute atomic E-state index is 0.601. The molecule has 15 heavy (non-hydrogen) atoms. The Hall–Kier alpha value is -0.860. The topological polar surface area (TPSA) is 38.0 Å². The Labute approximate surface area is 92.9 Å². The summed E-state index contributed by atoms with van der Waals surface area (Å²) < 4.78 is 0. The molecule has 0 aliphatic carbocycles. The van der Waals surface area contributed by atoms with E-state index in [4.69, 9.17) is 5.73 Å². The van der Waals surface area contributed by atoms with Gasteiger partial charge in [0.1, 0.15) is 0 Å². The molecule has 84 valence electrons. The molecule has 3 N–H and O–H groups in total. The van der Waals surface area contributed by atoms with Gasteiger partial charge in [0.25, 0.3) is 0 Å². The maximum Gasteiger partial charge on any atom is 0.0207 e. The van der Waals surface area contributed by atoms with Crippen LogP contribution in [-0.2, 0) is 13.1 Å². The van der Waals surface area contributed by atoms with Crippen molar-refractivity contribution < 1.29 is 0 Å². The van der Waals surface area contributed by atoms with Gasteiger partial charge in [-0.2, -0.15) is 0 Å². The van der Waals surface area contributed by atoms with Crippen molar-refractivity contribution in [3.8, 4) is 0 Å². The van der Waals surface area contributed by atoms with Crippen molar-refractivity contribution in [2.24, 2.45) is 5.73 Å². The molecule has 1 rings (SSSR count). The van der Waals surface area contributed by atoms with Gasteiger partial charge in [-0.3, -0.25) is 0 Å². The van der Waals surface area contributed by atoms with E-state index >= 15 is 0 Å². The standard InChI is InChI=1S/C13H22N2/c1-3-4-11(2)15-10-13-7-5-12(9-14)6-8-13/h5-8,11,15H,3-4,9-10,14H2,1-2H3. The summed E-state index contributed by atoms with van der Waals surface area (Å²) in [4.78, 5) is 0. The zero-order valence-electron chi connectivity index (χ0n) is 9.79. The van der Waals surface area contributed by atoms with E-state index < -0.39 is 0 Å². The van der Waals surface area contributed by atoms with Gasteiger partial charge >= 0.3 is 0 Å². The molecule has 2 heteroatoms. The monoisotopic (exact) mass is 206 g/mol. The minimum Gasteiger partial charge on any atom is -0.326 e. The Kier molecular flexibility index (Phi) is 5.37. The van der Waals surface area contributed by atoms with Crippen molar-refractivity contribution in [1.82, 2.24) is 5.32 Å². The van der Waals surface area contributed by atoms with Gasteiger partial charge in [0.05, 0.1) is 0 Å². The number of hydrogen-bond donors (Lipinski definition) is 2.